The van der Waals surface area contributed by atoms with Gasteiger partial charge in [-0.25, -0.2) is 4.39 Å². The number of alkyl halides is 4. The maximum Gasteiger partial charge on any atom is 0.210 e. The van der Waals surface area contributed by atoms with Gasteiger partial charge in [0, 0.05) is 0 Å². The molecule has 0 N–H and O–H groups in total. The number of rotatable bonds is 1. The highest BCUT2D eigenvalue weighted by Gasteiger charge is 2.27. The van der Waals surface area contributed by atoms with Gasteiger partial charge >= 0.3 is 0 Å². The first-order chi connectivity index (χ1) is 2.94. The number of halogens is 4. The smallest absolute Gasteiger partial charge is 0.210 e. The van der Waals surface area contributed by atoms with Gasteiger partial charge in [0.25, 0.3) is 0 Å². The summed E-state index contributed by atoms with van der Waals surface area (Å²) in [5.74, 6) is 0. The van der Waals surface area contributed by atoms with Crippen LogP contribution in [0.1, 0.15) is 6.92 Å². The minimum atomic E-state index is -2.00. The third-order valence-corrected chi connectivity index (χ3v) is 1.64. The fourth-order valence-corrected chi connectivity index (χ4v) is 0. The Kier molecular flexibility index (Phi) is 2.65. The van der Waals surface area contributed by atoms with Crippen molar-refractivity contribution in [1.29, 1.82) is 0 Å². The Bertz CT molecular complexity index is 55.7. The van der Waals surface area contributed by atoms with Crippen LogP contribution in [0, 0.1) is 0 Å². The van der Waals surface area contributed by atoms with Crippen molar-refractivity contribution in [3.8, 4) is 0 Å². The van der Waals surface area contributed by atoms with E-state index in [1.807, 2.05) is 0 Å². The molecule has 0 aromatic rings. The fourth-order valence-electron chi connectivity index (χ4n) is 0. The lowest BCUT2D eigenvalue weighted by atomic mass is 10.5. The van der Waals surface area contributed by atoms with Gasteiger partial charge in [-0.15, -0.1) is 23.2 Å². The normalized spacial score (nSPS) is 19.7. The second-order valence-electron chi connectivity index (χ2n) is 1.26. The van der Waals surface area contributed by atoms with E-state index in [4.69, 9.17) is 34.8 Å². The molecule has 0 nitrogen and oxygen atoms in total. The molecule has 0 bridgehead atoms. The van der Waals surface area contributed by atoms with Crippen molar-refractivity contribution in [2.75, 3.05) is 0 Å². The average molecular weight is 165 g/mol. The zero-order valence-electron chi connectivity index (χ0n) is 3.59. The predicted molar refractivity (Wildman–Crippen MR) is 30.9 cm³/mol. The lowest BCUT2D eigenvalue weighted by Crippen LogP contribution is -2.17. The van der Waals surface area contributed by atoms with Crippen LogP contribution < -0.4 is 0 Å². The molecule has 0 aliphatic heterocycles. The Hall–Kier alpha value is 0.800. The molecule has 0 aromatic carbocycles. The summed E-state index contributed by atoms with van der Waals surface area (Å²) in [6.45, 7) is 1.10. The van der Waals surface area contributed by atoms with Crippen molar-refractivity contribution in [3.05, 3.63) is 0 Å². The molecule has 1 atom stereocenters. The minimum Gasteiger partial charge on any atom is -0.224 e. The Morgan fingerprint density at radius 3 is 1.71 bits per heavy atom. The van der Waals surface area contributed by atoms with Crippen molar-refractivity contribution >= 4 is 34.8 Å². The van der Waals surface area contributed by atoms with E-state index in [-0.39, 0.29) is 0 Å². The Morgan fingerprint density at radius 1 is 1.57 bits per heavy atom. The largest absolute Gasteiger partial charge is 0.224 e. The third-order valence-electron chi connectivity index (χ3n) is 0.383. The van der Waals surface area contributed by atoms with E-state index >= 15 is 0 Å². The maximum absolute atomic E-state index is 12.0. The van der Waals surface area contributed by atoms with Crippen LogP contribution in [0.2, 0.25) is 0 Å². The SMILES string of the molecule is CC(F)(Cl)C(Cl)Cl. The van der Waals surface area contributed by atoms with Crippen LogP contribution in [0.15, 0.2) is 0 Å². The zero-order chi connectivity index (χ0) is 6.08. The van der Waals surface area contributed by atoms with Gasteiger partial charge in [0.05, 0.1) is 0 Å². The van der Waals surface area contributed by atoms with Gasteiger partial charge in [-0.2, -0.15) is 0 Å². The average Bonchev–Trinajstić information content (AvgIpc) is 1.31. The van der Waals surface area contributed by atoms with Crippen molar-refractivity contribution in [2.24, 2.45) is 0 Å². The van der Waals surface area contributed by atoms with Crippen molar-refractivity contribution in [3.63, 3.8) is 0 Å². The molecule has 44 valence electrons. The van der Waals surface area contributed by atoms with Gasteiger partial charge in [0.1, 0.15) is 0 Å². The molecular weight excluding hydrogens is 161 g/mol. The molecule has 0 rings (SSSR count). The minimum absolute atomic E-state index is 1.10. The topological polar surface area (TPSA) is 0 Å². The first-order valence-electron chi connectivity index (χ1n) is 1.60. The monoisotopic (exact) mass is 164 g/mol. The standard InChI is InChI=1S/C3H4Cl3F/c1-3(6,7)2(4)5/h2H,1H3. The summed E-state index contributed by atoms with van der Waals surface area (Å²) in [7, 11) is 0. The molecule has 0 radical (unpaired) electrons. The van der Waals surface area contributed by atoms with E-state index in [2.05, 4.69) is 0 Å². The molecule has 0 saturated heterocycles. The third kappa shape index (κ3) is 3.39. The van der Waals surface area contributed by atoms with Gasteiger partial charge in [-0.3, -0.25) is 0 Å². The van der Waals surface area contributed by atoms with Gasteiger partial charge in [-0.05, 0) is 6.92 Å². The summed E-state index contributed by atoms with van der Waals surface area (Å²) in [5.41, 5.74) is 0. The van der Waals surface area contributed by atoms with Gasteiger partial charge in [0.2, 0.25) is 5.13 Å². The molecule has 0 aliphatic carbocycles. The second-order valence-corrected chi connectivity index (χ2v) is 3.09. The molecular formula is C3H4Cl3F. The van der Waals surface area contributed by atoms with Crippen LogP contribution in [0.4, 0.5) is 4.39 Å². The lowest BCUT2D eigenvalue weighted by Gasteiger charge is -2.10. The summed E-state index contributed by atoms with van der Waals surface area (Å²) >= 11 is 15.0. The highest BCUT2D eigenvalue weighted by atomic mass is 35.5. The summed E-state index contributed by atoms with van der Waals surface area (Å²) in [4.78, 5) is -1.16. The molecule has 0 aliphatic rings. The molecule has 0 spiro atoms. The lowest BCUT2D eigenvalue weighted by molar-refractivity contribution is 0.326. The van der Waals surface area contributed by atoms with Crippen LogP contribution in [-0.2, 0) is 0 Å². The Balaban J connectivity index is 3.54. The molecule has 0 aromatic heterocycles. The molecule has 0 saturated carbocycles. The molecule has 1 unspecified atom stereocenters. The fraction of sp³-hybridized carbons (Fsp3) is 1.00. The van der Waals surface area contributed by atoms with Crippen molar-refractivity contribution < 1.29 is 4.39 Å². The van der Waals surface area contributed by atoms with Crippen LogP contribution in [0.5, 0.6) is 0 Å². The summed E-state index contributed by atoms with van der Waals surface area (Å²) in [5, 5.41) is -2.00. The Labute approximate surface area is 56.5 Å². The van der Waals surface area contributed by atoms with Gasteiger partial charge < -0.3 is 0 Å². The molecule has 0 fully saturated rings. The quantitative estimate of drug-likeness (QED) is 0.524. The molecule has 0 heterocycles. The van der Waals surface area contributed by atoms with Crippen molar-refractivity contribution in [1.82, 2.24) is 0 Å². The van der Waals surface area contributed by atoms with E-state index in [9.17, 15) is 4.39 Å². The number of hydrogen-bond donors (Lipinski definition) is 0. The van der Waals surface area contributed by atoms with E-state index in [1.165, 1.54) is 0 Å². The predicted octanol–water partition coefficient (Wildman–Crippen LogP) is 2.71. The van der Waals surface area contributed by atoms with Crippen LogP contribution in [-0.4, -0.2) is 9.96 Å². The summed E-state index contributed by atoms with van der Waals surface area (Å²) in [6, 6.07) is 0. The first-order valence-corrected chi connectivity index (χ1v) is 2.85. The zero-order valence-corrected chi connectivity index (χ0v) is 5.86. The van der Waals surface area contributed by atoms with E-state index in [0.717, 1.165) is 6.92 Å². The second kappa shape index (κ2) is 2.38. The van der Waals surface area contributed by atoms with E-state index in [0.29, 0.717) is 0 Å². The highest BCUT2D eigenvalue weighted by molar-refractivity contribution is 6.49. The van der Waals surface area contributed by atoms with Crippen LogP contribution in [0.25, 0.3) is 0 Å². The van der Waals surface area contributed by atoms with Crippen LogP contribution in [0.3, 0.4) is 0 Å². The first kappa shape index (κ1) is 7.80. The summed E-state index contributed by atoms with van der Waals surface area (Å²) < 4.78 is 12.0. The van der Waals surface area contributed by atoms with Crippen LogP contribution >= 0.6 is 34.8 Å². The Morgan fingerprint density at radius 2 is 1.71 bits per heavy atom. The molecule has 4 heteroatoms. The van der Waals surface area contributed by atoms with Gasteiger partial charge in [0.15, 0.2) is 4.84 Å². The number of hydrogen-bond acceptors (Lipinski definition) is 0. The van der Waals surface area contributed by atoms with Crippen molar-refractivity contribution in [2.45, 2.75) is 16.9 Å². The maximum atomic E-state index is 12.0. The van der Waals surface area contributed by atoms with E-state index in [1.54, 1.807) is 0 Å². The van der Waals surface area contributed by atoms with E-state index < -0.39 is 9.96 Å². The molecule has 0 amide bonds. The van der Waals surface area contributed by atoms with Gasteiger partial charge in [-0.1, -0.05) is 11.6 Å². The summed E-state index contributed by atoms with van der Waals surface area (Å²) in [6.07, 6.45) is 0. The molecule has 7 heavy (non-hydrogen) atoms. The highest BCUT2D eigenvalue weighted by Crippen LogP contribution is 2.27.